The molecule has 35 heavy (non-hydrogen) atoms. The number of nitrogens with one attached hydrogen (secondary N) is 2. The highest BCUT2D eigenvalue weighted by Gasteiger charge is 2.21. The molecule has 10 heteroatoms. The van der Waals surface area contributed by atoms with Gasteiger partial charge in [0.25, 0.3) is 5.91 Å². The van der Waals surface area contributed by atoms with E-state index in [-0.39, 0.29) is 5.82 Å². The minimum absolute atomic E-state index is 0.0587. The Bertz CT molecular complexity index is 1430. The number of nitrogens with zero attached hydrogens (tertiary/aromatic N) is 5. The standard InChI is InChI=1S/C25H23N7O2S/c1-26-24-29-22(30-25(31-24)32-6-8-34-9-7-32)23(33)28-17-10-16-13-27-14-19(16)18(12-17)21-11-15-4-2-3-5-20(15)35-21/h2-5,10-13H,6-9,14H2,1H3,(H,28,33)(H,26,29,30,31). The molecule has 2 N–H and O–H groups in total. The van der Waals surface area contributed by atoms with Crippen LogP contribution in [-0.2, 0) is 11.3 Å². The second-order valence-electron chi connectivity index (χ2n) is 8.30. The van der Waals surface area contributed by atoms with Crippen LogP contribution < -0.4 is 15.5 Å². The van der Waals surface area contributed by atoms with Crippen molar-refractivity contribution in [2.75, 3.05) is 48.9 Å². The molecular formula is C25H23N7O2S. The third-order valence-electron chi connectivity index (χ3n) is 6.06. The normalized spacial score (nSPS) is 14.8. The van der Waals surface area contributed by atoms with E-state index in [1.54, 1.807) is 18.4 Å². The fourth-order valence-electron chi connectivity index (χ4n) is 4.30. The van der Waals surface area contributed by atoms with Gasteiger partial charge < -0.3 is 20.3 Å². The van der Waals surface area contributed by atoms with Crippen molar-refractivity contribution in [3.63, 3.8) is 0 Å². The fraction of sp³-hybridized carbons (Fsp3) is 0.240. The maximum Gasteiger partial charge on any atom is 0.293 e. The van der Waals surface area contributed by atoms with Gasteiger partial charge in [-0.2, -0.15) is 15.0 Å². The summed E-state index contributed by atoms with van der Waals surface area (Å²) in [5, 5.41) is 7.12. The summed E-state index contributed by atoms with van der Waals surface area (Å²) in [4.78, 5) is 34.0. The molecule has 0 unspecified atom stereocenters. The van der Waals surface area contributed by atoms with E-state index in [0.717, 1.165) is 16.0 Å². The van der Waals surface area contributed by atoms with Gasteiger partial charge in [-0.1, -0.05) is 18.2 Å². The van der Waals surface area contributed by atoms with E-state index in [1.165, 1.54) is 15.6 Å². The number of carbonyl (C=O) groups is 1. The zero-order valence-electron chi connectivity index (χ0n) is 19.1. The van der Waals surface area contributed by atoms with Gasteiger partial charge >= 0.3 is 0 Å². The summed E-state index contributed by atoms with van der Waals surface area (Å²) in [5.41, 5.74) is 3.93. The predicted molar refractivity (Wildman–Crippen MR) is 139 cm³/mol. The van der Waals surface area contributed by atoms with E-state index in [2.05, 4.69) is 48.8 Å². The lowest BCUT2D eigenvalue weighted by molar-refractivity contribution is 0.101. The molecule has 4 heterocycles. The number of anilines is 3. The van der Waals surface area contributed by atoms with E-state index < -0.39 is 5.91 Å². The smallest absolute Gasteiger partial charge is 0.293 e. The Kier molecular flexibility index (Phi) is 5.59. The van der Waals surface area contributed by atoms with Crippen LogP contribution in [0.5, 0.6) is 0 Å². The molecule has 6 rings (SSSR count). The zero-order valence-corrected chi connectivity index (χ0v) is 19.9. The van der Waals surface area contributed by atoms with Crippen molar-refractivity contribution in [1.29, 1.82) is 0 Å². The first kappa shape index (κ1) is 21.6. The van der Waals surface area contributed by atoms with Gasteiger partial charge in [-0.05, 0) is 40.8 Å². The quantitative estimate of drug-likeness (QED) is 0.443. The van der Waals surface area contributed by atoms with Gasteiger partial charge in [0.2, 0.25) is 17.7 Å². The Hall–Kier alpha value is -3.89. The van der Waals surface area contributed by atoms with Crippen LogP contribution in [-0.4, -0.2) is 60.4 Å². The van der Waals surface area contributed by atoms with Crippen molar-refractivity contribution in [1.82, 2.24) is 15.0 Å². The van der Waals surface area contributed by atoms with Gasteiger partial charge in [0.15, 0.2) is 0 Å². The van der Waals surface area contributed by atoms with Crippen molar-refractivity contribution < 1.29 is 9.53 Å². The van der Waals surface area contributed by atoms with Gasteiger partial charge in [0.05, 0.1) is 19.8 Å². The summed E-state index contributed by atoms with van der Waals surface area (Å²) in [6.07, 6.45) is 1.86. The van der Waals surface area contributed by atoms with Gasteiger partial charge in [0, 0.05) is 47.2 Å². The number of carbonyl (C=O) groups excluding carboxylic acids is 1. The van der Waals surface area contributed by atoms with Crippen LogP contribution in [0.4, 0.5) is 17.6 Å². The first-order valence-electron chi connectivity index (χ1n) is 11.4. The Morgan fingerprint density at radius 1 is 1.09 bits per heavy atom. The maximum atomic E-state index is 13.2. The van der Waals surface area contributed by atoms with Crippen molar-refractivity contribution in [3.05, 3.63) is 59.4 Å². The topological polar surface area (TPSA) is 105 Å². The Balaban J connectivity index is 1.33. The molecule has 0 radical (unpaired) electrons. The molecule has 2 aliphatic rings. The molecule has 0 bridgehead atoms. The summed E-state index contributed by atoms with van der Waals surface area (Å²) in [6, 6.07) is 14.5. The molecular weight excluding hydrogens is 462 g/mol. The molecule has 9 nitrogen and oxygen atoms in total. The molecule has 0 saturated carbocycles. The Morgan fingerprint density at radius 2 is 1.94 bits per heavy atom. The average Bonchev–Trinajstić information content (AvgIpc) is 3.55. The van der Waals surface area contributed by atoms with Crippen LogP contribution in [0, 0.1) is 0 Å². The number of amides is 1. The lowest BCUT2D eigenvalue weighted by Crippen LogP contribution is -2.38. The van der Waals surface area contributed by atoms with Crippen LogP contribution in [0.15, 0.2) is 47.5 Å². The highest BCUT2D eigenvalue weighted by Crippen LogP contribution is 2.39. The third kappa shape index (κ3) is 4.22. The van der Waals surface area contributed by atoms with Crippen molar-refractivity contribution in [2.24, 2.45) is 4.99 Å². The maximum absolute atomic E-state index is 13.2. The number of morpholine rings is 1. The number of hydrogen-bond acceptors (Lipinski definition) is 9. The molecule has 1 saturated heterocycles. The van der Waals surface area contributed by atoms with Gasteiger partial charge in [-0.3, -0.25) is 9.79 Å². The number of ether oxygens (including phenoxy) is 1. The summed E-state index contributed by atoms with van der Waals surface area (Å²) < 4.78 is 6.65. The van der Waals surface area contributed by atoms with E-state index in [1.807, 2.05) is 35.4 Å². The van der Waals surface area contributed by atoms with Gasteiger partial charge in [-0.25, -0.2) is 0 Å². The monoisotopic (exact) mass is 485 g/mol. The largest absolute Gasteiger partial charge is 0.378 e. The number of aliphatic imine (C=N–C) groups is 1. The molecule has 4 aromatic rings. The zero-order chi connectivity index (χ0) is 23.8. The predicted octanol–water partition coefficient (Wildman–Crippen LogP) is 3.82. The molecule has 1 amide bonds. The minimum Gasteiger partial charge on any atom is -0.378 e. The van der Waals surface area contributed by atoms with E-state index in [0.29, 0.717) is 50.4 Å². The number of fused-ring (bicyclic) bond motifs is 2. The molecule has 0 spiro atoms. The second kappa shape index (κ2) is 9.05. The Labute approximate surface area is 205 Å². The van der Waals surface area contributed by atoms with Crippen LogP contribution >= 0.6 is 11.3 Å². The van der Waals surface area contributed by atoms with Gasteiger partial charge in [-0.15, -0.1) is 11.3 Å². The number of benzene rings is 2. The highest BCUT2D eigenvalue weighted by molar-refractivity contribution is 7.22. The van der Waals surface area contributed by atoms with Crippen LogP contribution in [0.25, 0.3) is 20.5 Å². The summed E-state index contributed by atoms with van der Waals surface area (Å²) in [5.74, 6) is 0.475. The molecule has 176 valence electrons. The lowest BCUT2D eigenvalue weighted by Gasteiger charge is -2.26. The molecule has 0 atom stereocenters. The SMILES string of the molecule is CNc1nc(C(=O)Nc2cc3c(c(-c4cc5ccccc5s4)c2)CN=C3)nc(N2CCOCC2)n1. The molecule has 2 aliphatic heterocycles. The molecule has 2 aromatic heterocycles. The molecule has 2 aromatic carbocycles. The summed E-state index contributed by atoms with van der Waals surface area (Å²) in [6.45, 7) is 3.15. The van der Waals surface area contributed by atoms with Crippen LogP contribution in [0.2, 0.25) is 0 Å². The number of aromatic nitrogens is 3. The number of rotatable bonds is 5. The van der Waals surface area contributed by atoms with E-state index in [4.69, 9.17) is 4.74 Å². The third-order valence-corrected chi connectivity index (χ3v) is 7.21. The number of thiophene rings is 1. The van der Waals surface area contributed by atoms with E-state index in [9.17, 15) is 4.79 Å². The summed E-state index contributed by atoms with van der Waals surface area (Å²) in [7, 11) is 1.72. The fourth-order valence-corrected chi connectivity index (χ4v) is 5.40. The molecule has 0 aliphatic carbocycles. The first-order valence-corrected chi connectivity index (χ1v) is 12.2. The van der Waals surface area contributed by atoms with Crippen molar-refractivity contribution in [3.8, 4) is 10.4 Å². The Morgan fingerprint density at radius 3 is 2.77 bits per heavy atom. The van der Waals surface area contributed by atoms with Crippen LogP contribution in [0.3, 0.4) is 0 Å². The number of hydrogen-bond donors (Lipinski definition) is 2. The second-order valence-corrected chi connectivity index (χ2v) is 9.38. The van der Waals surface area contributed by atoms with Crippen molar-refractivity contribution >= 4 is 51.1 Å². The minimum atomic E-state index is -0.393. The first-order chi connectivity index (χ1) is 17.2. The average molecular weight is 486 g/mol. The van der Waals surface area contributed by atoms with Gasteiger partial charge in [0.1, 0.15) is 0 Å². The van der Waals surface area contributed by atoms with Crippen LogP contribution in [0.1, 0.15) is 21.7 Å². The van der Waals surface area contributed by atoms with E-state index >= 15 is 0 Å². The lowest BCUT2D eigenvalue weighted by atomic mass is 10.0. The summed E-state index contributed by atoms with van der Waals surface area (Å²) >= 11 is 1.74. The molecule has 1 fully saturated rings. The van der Waals surface area contributed by atoms with Crippen molar-refractivity contribution in [2.45, 2.75) is 6.54 Å². The highest BCUT2D eigenvalue weighted by atomic mass is 32.1.